The van der Waals surface area contributed by atoms with Gasteiger partial charge in [0, 0.05) is 14.6 Å². The monoisotopic (exact) mass is 397 g/mol. The minimum atomic E-state index is -0.920. The molecule has 20 heavy (non-hydrogen) atoms. The number of anilines is 1. The predicted octanol–water partition coefficient (Wildman–Crippen LogP) is 4.76. The Morgan fingerprint density at radius 3 is 2.45 bits per heavy atom. The van der Waals surface area contributed by atoms with Crippen LogP contribution in [0.5, 0.6) is 0 Å². The number of nitrogens with one attached hydrogen (secondary N) is 1. The summed E-state index contributed by atoms with van der Waals surface area (Å²) in [6.45, 7) is 1.96. The molecular weight excluding hydrogens is 386 g/mol. The van der Waals surface area contributed by atoms with Crippen LogP contribution in [0, 0.1) is 6.92 Å². The highest BCUT2D eigenvalue weighted by molar-refractivity contribution is 9.10. The van der Waals surface area contributed by atoms with Crippen molar-refractivity contribution in [2.75, 3.05) is 5.32 Å². The molecule has 0 radical (unpaired) electrons. The number of para-hydroxylation sites is 1. The van der Waals surface area contributed by atoms with Crippen LogP contribution in [-0.2, 0) is 4.79 Å². The summed E-state index contributed by atoms with van der Waals surface area (Å²) >= 11 is 6.84. The lowest BCUT2D eigenvalue weighted by atomic mass is 10.0. The van der Waals surface area contributed by atoms with Gasteiger partial charge in [-0.2, -0.15) is 0 Å². The molecule has 0 saturated heterocycles. The van der Waals surface area contributed by atoms with Crippen molar-refractivity contribution in [1.29, 1.82) is 0 Å². The fraction of sp³-hybridized carbons (Fsp3) is 0.133. The van der Waals surface area contributed by atoms with Gasteiger partial charge in [-0.1, -0.05) is 40.2 Å². The lowest BCUT2D eigenvalue weighted by Gasteiger charge is -2.18. The molecule has 1 atom stereocenters. The van der Waals surface area contributed by atoms with Crippen molar-refractivity contribution in [2.24, 2.45) is 0 Å². The quantitative estimate of drug-likeness (QED) is 0.780. The summed E-state index contributed by atoms with van der Waals surface area (Å²) in [5.74, 6) is -0.920. The molecule has 104 valence electrons. The van der Waals surface area contributed by atoms with Crippen molar-refractivity contribution in [3.05, 3.63) is 62.5 Å². The van der Waals surface area contributed by atoms with Gasteiger partial charge in [0.1, 0.15) is 0 Å². The van der Waals surface area contributed by atoms with Gasteiger partial charge in [-0.05, 0) is 52.2 Å². The molecule has 2 N–H and O–H groups in total. The first-order chi connectivity index (χ1) is 9.49. The van der Waals surface area contributed by atoms with Gasteiger partial charge in [0.15, 0.2) is 6.04 Å². The van der Waals surface area contributed by atoms with Crippen LogP contribution >= 0.6 is 31.9 Å². The summed E-state index contributed by atoms with van der Waals surface area (Å²) in [6, 6.07) is 12.2. The molecule has 2 aromatic carbocycles. The third-order valence-corrected chi connectivity index (χ3v) is 4.50. The number of carboxylic acids is 1. The van der Waals surface area contributed by atoms with E-state index >= 15 is 0 Å². The Kier molecular flexibility index (Phi) is 4.83. The molecule has 1 unspecified atom stereocenters. The molecule has 0 bridgehead atoms. The van der Waals surface area contributed by atoms with Crippen LogP contribution in [0.3, 0.4) is 0 Å². The number of hydrogen-bond acceptors (Lipinski definition) is 2. The second-order valence-corrected chi connectivity index (χ2v) is 6.11. The number of carbonyl (C=O) groups is 1. The normalized spacial score (nSPS) is 11.9. The minimum absolute atomic E-state index is 0.700. The second kappa shape index (κ2) is 6.41. The summed E-state index contributed by atoms with van der Waals surface area (Å²) in [5, 5.41) is 12.5. The maximum Gasteiger partial charge on any atom is 0.330 e. The van der Waals surface area contributed by atoms with E-state index in [1.807, 2.05) is 49.4 Å². The fourth-order valence-corrected chi connectivity index (χ4v) is 2.61. The molecule has 0 aliphatic heterocycles. The summed E-state index contributed by atoms with van der Waals surface area (Å²) in [6.07, 6.45) is 0. The second-order valence-electron chi connectivity index (χ2n) is 4.40. The van der Waals surface area contributed by atoms with E-state index in [1.165, 1.54) is 0 Å². The highest BCUT2D eigenvalue weighted by Gasteiger charge is 2.20. The van der Waals surface area contributed by atoms with E-state index in [-0.39, 0.29) is 0 Å². The molecule has 3 nitrogen and oxygen atoms in total. The van der Waals surface area contributed by atoms with Crippen molar-refractivity contribution in [3.8, 4) is 0 Å². The summed E-state index contributed by atoms with van der Waals surface area (Å²) in [7, 11) is 0. The Morgan fingerprint density at radius 2 is 1.85 bits per heavy atom. The number of benzene rings is 2. The molecule has 2 aromatic rings. The first kappa shape index (κ1) is 15.1. The Balaban J connectivity index is 2.34. The molecule has 0 heterocycles. The van der Waals surface area contributed by atoms with E-state index in [2.05, 4.69) is 37.2 Å². The molecular formula is C15H13Br2NO2. The van der Waals surface area contributed by atoms with Gasteiger partial charge in [-0.15, -0.1) is 0 Å². The van der Waals surface area contributed by atoms with E-state index in [9.17, 15) is 9.90 Å². The molecule has 0 saturated carbocycles. The maximum atomic E-state index is 11.5. The van der Waals surface area contributed by atoms with Crippen molar-refractivity contribution in [1.82, 2.24) is 0 Å². The SMILES string of the molecule is Cc1ccc(C(Nc2ccccc2Br)C(=O)O)cc1Br. The number of rotatable bonds is 4. The molecule has 0 fully saturated rings. The minimum Gasteiger partial charge on any atom is -0.479 e. The first-order valence-electron chi connectivity index (χ1n) is 5.99. The number of carboxylic acid groups (broad SMARTS) is 1. The van der Waals surface area contributed by atoms with Gasteiger partial charge in [-0.3, -0.25) is 0 Å². The van der Waals surface area contributed by atoms with Crippen molar-refractivity contribution in [2.45, 2.75) is 13.0 Å². The fourth-order valence-electron chi connectivity index (χ4n) is 1.81. The Morgan fingerprint density at radius 1 is 1.15 bits per heavy atom. The topological polar surface area (TPSA) is 49.3 Å². The van der Waals surface area contributed by atoms with Crippen LogP contribution < -0.4 is 5.32 Å². The van der Waals surface area contributed by atoms with Crippen LogP contribution in [0.1, 0.15) is 17.2 Å². The average Bonchev–Trinajstić information content (AvgIpc) is 2.41. The number of hydrogen-bond donors (Lipinski definition) is 2. The largest absolute Gasteiger partial charge is 0.479 e. The lowest BCUT2D eigenvalue weighted by molar-refractivity contribution is -0.138. The van der Waals surface area contributed by atoms with E-state index in [0.29, 0.717) is 5.56 Å². The third kappa shape index (κ3) is 3.41. The summed E-state index contributed by atoms with van der Waals surface area (Å²) in [4.78, 5) is 11.5. The zero-order chi connectivity index (χ0) is 14.7. The molecule has 5 heteroatoms. The Bertz CT molecular complexity index is 644. The van der Waals surface area contributed by atoms with Gasteiger partial charge < -0.3 is 10.4 Å². The first-order valence-corrected chi connectivity index (χ1v) is 7.57. The third-order valence-electron chi connectivity index (χ3n) is 2.95. The maximum absolute atomic E-state index is 11.5. The molecule has 0 amide bonds. The smallest absolute Gasteiger partial charge is 0.330 e. The number of aliphatic carboxylic acids is 1. The van der Waals surface area contributed by atoms with Crippen LogP contribution in [0.25, 0.3) is 0 Å². The van der Waals surface area contributed by atoms with Gasteiger partial charge in [-0.25, -0.2) is 4.79 Å². The van der Waals surface area contributed by atoms with E-state index in [1.54, 1.807) is 0 Å². The van der Waals surface area contributed by atoms with E-state index in [0.717, 1.165) is 20.2 Å². The van der Waals surface area contributed by atoms with Crippen LogP contribution in [-0.4, -0.2) is 11.1 Å². The zero-order valence-electron chi connectivity index (χ0n) is 10.7. The Hall–Kier alpha value is -1.33. The zero-order valence-corrected chi connectivity index (χ0v) is 13.9. The van der Waals surface area contributed by atoms with Crippen LogP contribution in [0.4, 0.5) is 5.69 Å². The van der Waals surface area contributed by atoms with Gasteiger partial charge in [0.2, 0.25) is 0 Å². The highest BCUT2D eigenvalue weighted by Crippen LogP contribution is 2.28. The van der Waals surface area contributed by atoms with Crippen molar-refractivity contribution < 1.29 is 9.90 Å². The summed E-state index contributed by atoms with van der Waals surface area (Å²) < 4.78 is 1.73. The molecule has 0 aliphatic rings. The summed E-state index contributed by atoms with van der Waals surface area (Å²) in [5.41, 5.74) is 2.51. The van der Waals surface area contributed by atoms with E-state index in [4.69, 9.17) is 0 Å². The molecule has 0 aromatic heterocycles. The van der Waals surface area contributed by atoms with Crippen LogP contribution in [0.2, 0.25) is 0 Å². The number of halogens is 2. The standard InChI is InChI=1S/C15H13Br2NO2/c1-9-6-7-10(8-12(9)17)14(15(19)20)18-13-5-3-2-4-11(13)16/h2-8,14,18H,1H3,(H,19,20). The molecule has 0 aliphatic carbocycles. The van der Waals surface area contributed by atoms with Gasteiger partial charge in [0.05, 0.1) is 0 Å². The van der Waals surface area contributed by atoms with Crippen LogP contribution in [0.15, 0.2) is 51.4 Å². The van der Waals surface area contributed by atoms with E-state index < -0.39 is 12.0 Å². The van der Waals surface area contributed by atoms with Crippen molar-refractivity contribution in [3.63, 3.8) is 0 Å². The molecule has 0 spiro atoms. The van der Waals surface area contributed by atoms with Gasteiger partial charge >= 0.3 is 5.97 Å². The van der Waals surface area contributed by atoms with Crippen molar-refractivity contribution >= 4 is 43.5 Å². The molecule has 2 rings (SSSR count). The Labute approximate surface area is 134 Å². The number of aryl methyl sites for hydroxylation is 1. The predicted molar refractivity (Wildman–Crippen MR) is 87.0 cm³/mol. The lowest BCUT2D eigenvalue weighted by Crippen LogP contribution is -2.20. The average molecular weight is 399 g/mol. The van der Waals surface area contributed by atoms with Gasteiger partial charge in [0.25, 0.3) is 0 Å². The highest BCUT2D eigenvalue weighted by atomic mass is 79.9.